The largest absolute Gasteiger partial charge is 0.401 e. The predicted octanol–water partition coefficient (Wildman–Crippen LogP) is 1.62. The summed E-state index contributed by atoms with van der Waals surface area (Å²) in [7, 11) is 0. The fraction of sp³-hybridized carbons (Fsp3) is 1.00. The molecular weight excluding hydrogens is 221 g/mol. The molecule has 0 aromatic carbocycles. The molecule has 0 heterocycles. The molecule has 0 radical (unpaired) electrons. The Balaban J connectivity index is 3.95. The topological polar surface area (TPSA) is 38.5 Å². The van der Waals surface area contributed by atoms with Crippen molar-refractivity contribution >= 4 is 0 Å². The minimum Gasteiger partial charge on any atom is -0.375 e. The Morgan fingerprint density at radius 1 is 1.12 bits per heavy atom. The zero-order chi connectivity index (χ0) is 12.8. The summed E-state index contributed by atoms with van der Waals surface area (Å²) >= 11 is 0. The lowest BCUT2D eigenvalue weighted by Gasteiger charge is -2.25. The molecule has 0 bridgehead atoms. The standard InChI is InChI=1S/C10H21F3N2O/c1-9(2,3)16-7-6-15(5-4-14)8-10(11,12)13/h4-8,14H2,1-3H3. The molecule has 16 heavy (non-hydrogen) atoms. The molecule has 0 aliphatic heterocycles. The number of rotatable bonds is 6. The first-order chi connectivity index (χ1) is 7.14. The zero-order valence-electron chi connectivity index (χ0n) is 10.1. The summed E-state index contributed by atoms with van der Waals surface area (Å²) < 4.78 is 41.9. The van der Waals surface area contributed by atoms with E-state index >= 15 is 0 Å². The fourth-order valence-corrected chi connectivity index (χ4v) is 1.19. The highest BCUT2D eigenvalue weighted by atomic mass is 19.4. The van der Waals surface area contributed by atoms with E-state index in [0.717, 1.165) is 0 Å². The molecule has 98 valence electrons. The van der Waals surface area contributed by atoms with Crippen molar-refractivity contribution in [2.45, 2.75) is 32.5 Å². The molecule has 0 rings (SSSR count). The summed E-state index contributed by atoms with van der Waals surface area (Å²) in [5.41, 5.74) is 4.93. The summed E-state index contributed by atoms with van der Waals surface area (Å²) in [6.07, 6.45) is -4.18. The number of hydrogen-bond donors (Lipinski definition) is 1. The second kappa shape index (κ2) is 6.42. The van der Waals surface area contributed by atoms with Gasteiger partial charge in [0.05, 0.1) is 18.8 Å². The van der Waals surface area contributed by atoms with Gasteiger partial charge in [0.15, 0.2) is 0 Å². The van der Waals surface area contributed by atoms with Crippen molar-refractivity contribution in [3.63, 3.8) is 0 Å². The van der Waals surface area contributed by atoms with E-state index in [1.54, 1.807) is 0 Å². The molecule has 0 fully saturated rings. The lowest BCUT2D eigenvalue weighted by molar-refractivity contribution is -0.148. The Labute approximate surface area is 94.7 Å². The van der Waals surface area contributed by atoms with Crippen molar-refractivity contribution in [3.05, 3.63) is 0 Å². The van der Waals surface area contributed by atoms with Gasteiger partial charge in [-0.15, -0.1) is 0 Å². The molecular formula is C10H21F3N2O. The first-order valence-electron chi connectivity index (χ1n) is 5.27. The average molecular weight is 242 g/mol. The second-order valence-corrected chi connectivity index (χ2v) is 4.64. The van der Waals surface area contributed by atoms with E-state index in [1.165, 1.54) is 4.90 Å². The average Bonchev–Trinajstić information content (AvgIpc) is 1.98. The maximum atomic E-state index is 12.2. The lowest BCUT2D eigenvalue weighted by Crippen LogP contribution is -2.40. The normalized spacial score (nSPS) is 13.5. The Kier molecular flexibility index (Phi) is 6.28. The van der Waals surface area contributed by atoms with Gasteiger partial charge >= 0.3 is 6.18 Å². The van der Waals surface area contributed by atoms with E-state index < -0.39 is 12.7 Å². The maximum Gasteiger partial charge on any atom is 0.401 e. The lowest BCUT2D eigenvalue weighted by atomic mass is 10.2. The van der Waals surface area contributed by atoms with E-state index in [2.05, 4.69) is 0 Å². The minimum absolute atomic E-state index is 0.214. The van der Waals surface area contributed by atoms with Crippen LogP contribution in [0.4, 0.5) is 13.2 Å². The third kappa shape index (κ3) is 10.2. The van der Waals surface area contributed by atoms with Crippen LogP contribution in [0, 0.1) is 0 Å². The Bertz CT molecular complexity index is 189. The van der Waals surface area contributed by atoms with Gasteiger partial charge in [-0.2, -0.15) is 13.2 Å². The molecule has 0 aromatic heterocycles. The predicted molar refractivity (Wildman–Crippen MR) is 57.3 cm³/mol. The SMILES string of the molecule is CC(C)(C)OCCN(CCN)CC(F)(F)F. The van der Waals surface area contributed by atoms with Crippen molar-refractivity contribution in [2.24, 2.45) is 5.73 Å². The van der Waals surface area contributed by atoms with Gasteiger partial charge in [-0.05, 0) is 20.8 Å². The number of halogens is 3. The van der Waals surface area contributed by atoms with Crippen LogP contribution < -0.4 is 5.73 Å². The van der Waals surface area contributed by atoms with Gasteiger partial charge in [-0.25, -0.2) is 0 Å². The molecule has 0 spiro atoms. The van der Waals surface area contributed by atoms with Crippen LogP contribution in [-0.4, -0.2) is 49.5 Å². The second-order valence-electron chi connectivity index (χ2n) is 4.64. The van der Waals surface area contributed by atoms with Crippen LogP contribution in [-0.2, 0) is 4.74 Å². The first kappa shape index (κ1) is 15.7. The van der Waals surface area contributed by atoms with Gasteiger partial charge in [0.25, 0.3) is 0 Å². The maximum absolute atomic E-state index is 12.2. The Hall–Kier alpha value is -0.330. The van der Waals surface area contributed by atoms with Crippen LogP contribution in [0.3, 0.4) is 0 Å². The van der Waals surface area contributed by atoms with Gasteiger partial charge in [0.1, 0.15) is 0 Å². The van der Waals surface area contributed by atoms with Crippen molar-refractivity contribution in [2.75, 3.05) is 32.8 Å². The molecule has 0 aliphatic rings. The monoisotopic (exact) mass is 242 g/mol. The van der Waals surface area contributed by atoms with Gasteiger partial charge in [0.2, 0.25) is 0 Å². The first-order valence-corrected chi connectivity index (χ1v) is 5.27. The van der Waals surface area contributed by atoms with Crippen molar-refractivity contribution < 1.29 is 17.9 Å². The molecule has 6 heteroatoms. The van der Waals surface area contributed by atoms with Gasteiger partial charge in [-0.1, -0.05) is 0 Å². The van der Waals surface area contributed by atoms with Gasteiger partial charge in [0, 0.05) is 19.6 Å². The molecule has 0 aromatic rings. The van der Waals surface area contributed by atoms with Crippen LogP contribution >= 0.6 is 0 Å². The van der Waals surface area contributed by atoms with Gasteiger partial charge < -0.3 is 10.5 Å². The molecule has 3 nitrogen and oxygen atoms in total. The summed E-state index contributed by atoms with van der Waals surface area (Å²) in [6, 6.07) is 0. The van der Waals surface area contributed by atoms with Crippen LogP contribution in [0.15, 0.2) is 0 Å². The smallest absolute Gasteiger partial charge is 0.375 e. The Morgan fingerprint density at radius 3 is 2.06 bits per heavy atom. The highest BCUT2D eigenvalue weighted by Crippen LogP contribution is 2.16. The quantitative estimate of drug-likeness (QED) is 0.769. The third-order valence-corrected chi connectivity index (χ3v) is 1.79. The number of nitrogens with zero attached hydrogens (tertiary/aromatic N) is 1. The molecule has 0 unspecified atom stereocenters. The van der Waals surface area contributed by atoms with Crippen molar-refractivity contribution in [3.8, 4) is 0 Å². The van der Waals surface area contributed by atoms with E-state index in [-0.39, 0.29) is 31.8 Å². The summed E-state index contributed by atoms with van der Waals surface area (Å²) in [4.78, 5) is 1.26. The Morgan fingerprint density at radius 2 is 1.69 bits per heavy atom. The number of nitrogens with two attached hydrogens (primary N) is 1. The van der Waals surface area contributed by atoms with Crippen LogP contribution in [0.2, 0.25) is 0 Å². The minimum atomic E-state index is -4.18. The summed E-state index contributed by atoms with van der Waals surface area (Å²) in [6.45, 7) is 5.63. The molecule has 0 saturated carbocycles. The number of alkyl halides is 3. The molecule has 2 N–H and O–H groups in total. The summed E-state index contributed by atoms with van der Waals surface area (Å²) in [5, 5.41) is 0. The van der Waals surface area contributed by atoms with Crippen molar-refractivity contribution in [1.82, 2.24) is 4.90 Å². The molecule has 0 aliphatic carbocycles. The molecule has 0 amide bonds. The van der Waals surface area contributed by atoms with E-state index in [9.17, 15) is 13.2 Å². The summed E-state index contributed by atoms with van der Waals surface area (Å²) in [5.74, 6) is 0. The zero-order valence-corrected chi connectivity index (χ0v) is 10.1. The third-order valence-electron chi connectivity index (χ3n) is 1.79. The van der Waals surface area contributed by atoms with E-state index in [4.69, 9.17) is 10.5 Å². The van der Waals surface area contributed by atoms with E-state index in [1.807, 2.05) is 20.8 Å². The highest BCUT2D eigenvalue weighted by Gasteiger charge is 2.30. The number of ether oxygens (including phenoxy) is 1. The highest BCUT2D eigenvalue weighted by molar-refractivity contribution is 4.65. The number of hydrogen-bond acceptors (Lipinski definition) is 3. The molecule has 0 saturated heterocycles. The van der Waals surface area contributed by atoms with Crippen molar-refractivity contribution in [1.29, 1.82) is 0 Å². The van der Waals surface area contributed by atoms with Crippen LogP contribution in [0.5, 0.6) is 0 Å². The fourth-order valence-electron chi connectivity index (χ4n) is 1.19. The van der Waals surface area contributed by atoms with Crippen LogP contribution in [0.1, 0.15) is 20.8 Å². The van der Waals surface area contributed by atoms with E-state index in [0.29, 0.717) is 0 Å². The molecule has 0 atom stereocenters. The van der Waals surface area contributed by atoms with Gasteiger partial charge in [-0.3, -0.25) is 4.90 Å². The van der Waals surface area contributed by atoms with Crippen LogP contribution in [0.25, 0.3) is 0 Å².